The first kappa shape index (κ1) is 16.0. The smallest absolute Gasteiger partial charge is 0.258 e. The van der Waals surface area contributed by atoms with Crippen LogP contribution < -0.4 is 0 Å². The highest BCUT2D eigenvalue weighted by atomic mass is 16.6. The van der Waals surface area contributed by atoms with Gasteiger partial charge in [-0.05, 0) is 41.3 Å². The fraction of sp³-hybridized carbons (Fsp3) is 0.0455. The maximum Gasteiger partial charge on any atom is 0.270 e. The number of nitrogens with zero attached hydrogens (tertiary/aromatic N) is 2. The van der Waals surface area contributed by atoms with Gasteiger partial charge in [0.15, 0.2) is 0 Å². The molecular weight excluding hydrogens is 324 g/mol. The van der Waals surface area contributed by atoms with Crippen LogP contribution >= 0.6 is 0 Å². The van der Waals surface area contributed by atoms with Crippen LogP contribution in [0.1, 0.15) is 11.1 Å². The van der Waals surface area contributed by atoms with Crippen molar-refractivity contribution in [1.29, 1.82) is 0 Å². The van der Waals surface area contributed by atoms with Gasteiger partial charge in [0.2, 0.25) is 0 Å². The molecule has 0 amide bonds. The number of hydrogen-bond donors (Lipinski definition) is 0. The lowest BCUT2D eigenvalue weighted by molar-refractivity contribution is -0.384. The number of fused-ring (bicyclic) bond motifs is 1. The molecule has 4 heteroatoms. The number of hydrogen-bond acceptors (Lipinski definition) is 3. The summed E-state index contributed by atoms with van der Waals surface area (Å²) < 4.78 is 0. The molecule has 4 aromatic rings. The monoisotopic (exact) mass is 340 g/mol. The van der Waals surface area contributed by atoms with E-state index in [-0.39, 0.29) is 10.6 Å². The van der Waals surface area contributed by atoms with Gasteiger partial charge >= 0.3 is 0 Å². The fourth-order valence-corrected chi connectivity index (χ4v) is 3.20. The zero-order chi connectivity index (χ0) is 17.9. The zero-order valence-corrected chi connectivity index (χ0v) is 14.0. The molecule has 0 spiro atoms. The molecule has 0 bridgehead atoms. The Bertz CT molecular complexity index is 1090. The van der Waals surface area contributed by atoms with Crippen molar-refractivity contribution in [1.82, 2.24) is 4.98 Å². The molecule has 1 aromatic heterocycles. The van der Waals surface area contributed by atoms with Crippen LogP contribution in [0, 0.1) is 10.1 Å². The van der Waals surface area contributed by atoms with Crippen molar-refractivity contribution in [2.75, 3.05) is 0 Å². The first-order valence-corrected chi connectivity index (χ1v) is 8.37. The molecule has 26 heavy (non-hydrogen) atoms. The summed E-state index contributed by atoms with van der Waals surface area (Å²) in [4.78, 5) is 15.3. The normalized spacial score (nSPS) is 10.8. The SMILES string of the molecule is O=[N+]([O-])c1cccc(-c2cc(Cc3ccccc3)cc3cccnc23)c1. The van der Waals surface area contributed by atoms with Crippen molar-refractivity contribution in [2.45, 2.75) is 6.42 Å². The van der Waals surface area contributed by atoms with E-state index in [2.05, 4.69) is 29.2 Å². The van der Waals surface area contributed by atoms with Crippen molar-refractivity contribution >= 4 is 16.6 Å². The number of pyridine rings is 1. The highest BCUT2D eigenvalue weighted by Gasteiger charge is 2.12. The van der Waals surface area contributed by atoms with Gasteiger partial charge in [0.05, 0.1) is 10.4 Å². The molecule has 4 rings (SSSR count). The standard InChI is InChI=1S/C22H16N2O2/c25-24(26)20-10-4-8-18(15-20)21-14-17(12-16-6-2-1-3-7-16)13-19-9-5-11-23-22(19)21/h1-11,13-15H,12H2. The molecule has 4 nitrogen and oxygen atoms in total. The summed E-state index contributed by atoms with van der Waals surface area (Å²) in [7, 11) is 0. The lowest BCUT2D eigenvalue weighted by Crippen LogP contribution is -1.93. The van der Waals surface area contributed by atoms with E-state index in [4.69, 9.17) is 0 Å². The number of aromatic nitrogens is 1. The summed E-state index contributed by atoms with van der Waals surface area (Å²) in [5.74, 6) is 0. The Morgan fingerprint density at radius 2 is 1.69 bits per heavy atom. The Morgan fingerprint density at radius 1 is 0.846 bits per heavy atom. The van der Waals surface area contributed by atoms with E-state index in [0.29, 0.717) is 0 Å². The van der Waals surface area contributed by atoms with Gasteiger partial charge in [-0.2, -0.15) is 0 Å². The van der Waals surface area contributed by atoms with E-state index in [1.54, 1.807) is 18.3 Å². The average molecular weight is 340 g/mol. The van der Waals surface area contributed by atoms with Crippen LogP contribution in [-0.4, -0.2) is 9.91 Å². The highest BCUT2D eigenvalue weighted by Crippen LogP contribution is 2.31. The van der Waals surface area contributed by atoms with E-state index < -0.39 is 0 Å². The van der Waals surface area contributed by atoms with Gasteiger partial charge in [0, 0.05) is 29.3 Å². The van der Waals surface area contributed by atoms with Crippen LogP contribution in [0.15, 0.2) is 85.1 Å². The molecule has 0 saturated carbocycles. The third-order valence-corrected chi connectivity index (χ3v) is 4.38. The highest BCUT2D eigenvalue weighted by molar-refractivity contribution is 5.94. The third kappa shape index (κ3) is 3.17. The molecule has 0 atom stereocenters. The maximum atomic E-state index is 11.1. The predicted octanol–water partition coefficient (Wildman–Crippen LogP) is 5.40. The molecule has 126 valence electrons. The second-order valence-corrected chi connectivity index (χ2v) is 6.19. The zero-order valence-electron chi connectivity index (χ0n) is 14.0. The van der Waals surface area contributed by atoms with E-state index in [1.807, 2.05) is 36.4 Å². The van der Waals surface area contributed by atoms with Gasteiger partial charge in [-0.1, -0.05) is 48.5 Å². The van der Waals surface area contributed by atoms with Crippen molar-refractivity contribution in [3.05, 3.63) is 106 Å². The van der Waals surface area contributed by atoms with Crippen LogP contribution in [0.25, 0.3) is 22.0 Å². The van der Waals surface area contributed by atoms with E-state index in [9.17, 15) is 10.1 Å². The summed E-state index contributed by atoms with van der Waals surface area (Å²) in [6.07, 6.45) is 2.55. The quantitative estimate of drug-likeness (QED) is 0.369. The first-order valence-electron chi connectivity index (χ1n) is 8.37. The van der Waals surface area contributed by atoms with Crippen molar-refractivity contribution in [3.63, 3.8) is 0 Å². The minimum Gasteiger partial charge on any atom is -0.258 e. The summed E-state index contributed by atoms with van der Waals surface area (Å²) in [5.41, 5.74) is 5.03. The van der Waals surface area contributed by atoms with Gasteiger partial charge in [0.25, 0.3) is 5.69 Å². The molecule has 0 aliphatic heterocycles. The fourth-order valence-electron chi connectivity index (χ4n) is 3.20. The lowest BCUT2D eigenvalue weighted by atomic mass is 9.95. The Morgan fingerprint density at radius 3 is 2.50 bits per heavy atom. The topological polar surface area (TPSA) is 56.0 Å². The van der Waals surface area contributed by atoms with Gasteiger partial charge in [-0.25, -0.2) is 0 Å². The maximum absolute atomic E-state index is 11.1. The third-order valence-electron chi connectivity index (χ3n) is 4.38. The molecule has 0 saturated heterocycles. The number of non-ortho nitro benzene ring substituents is 1. The second-order valence-electron chi connectivity index (χ2n) is 6.19. The van der Waals surface area contributed by atoms with Crippen LogP contribution in [-0.2, 0) is 6.42 Å². The Labute approximate surface area is 150 Å². The van der Waals surface area contributed by atoms with Crippen molar-refractivity contribution < 1.29 is 4.92 Å². The predicted molar refractivity (Wildman–Crippen MR) is 103 cm³/mol. The molecule has 0 unspecified atom stereocenters. The van der Waals surface area contributed by atoms with Gasteiger partial charge in [0.1, 0.15) is 0 Å². The minimum absolute atomic E-state index is 0.0834. The number of nitro groups is 1. The van der Waals surface area contributed by atoms with Gasteiger partial charge in [-0.15, -0.1) is 0 Å². The van der Waals surface area contributed by atoms with Gasteiger partial charge in [-0.3, -0.25) is 15.1 Å². The van der Waals surface area contributed by atoms with Gasteiger partial charge < -0.3 is 0 Å². The van der Waals surface area contributed by atoms with E-state index >= 15 is 0 Å². The molecule has 0 aliphatic rings. The van der Waals surface area contributed by atoms with Crippen LogP contribution in [0.2, 0.25) is 0 Å². The molecule has 0 aliphatic carbocycles. The average Bonchev–Trinajstić information content (AvgIpc) is 2.68. The second kappa shape index (κ2) is 6.76. The Hall–Kier alpha value is -3.53. The molecule has 0 fully saturated rings. The number of benzene rings is 3. The summed E-state index contributed by atoms with van der Waals surface area (Å²) in [5, 5.41) is 12.2. The van der Waals surface area contributed by atoms with Crippen molar-refractivity contribution in [3.8, 4) is 11.1 Å². The van der Waals surface area contributed by atoms with E-state index in [0.717, 1.165) is 34.0 Å². The first-order chi connectivity index (χ1) is 12.7. The minimum atomic E-state index is -0.368. The summed E-state index contributed by atoms with van der Waals surface area (Å²) in [6.45, 7) is 0. The summed E-state index contributed by atoms with van der Waals surface area (Å²) >= 11 is 0. The molecule has 1 heterocycles. The van der Waals surface area contributed by atoms with Crippen LogP contribution in [0.5, 0.6) is 0 Å². The molecule has 0 radical (unpaired) electrons. The van der Waals surface area contributed by atoms with Crippen LogP contribution in [0.3, 0.4) is 0 Å². The lowest BCUT2D eigenvalue weighted by Gasteiger charge is -2.10. The molecule has 0 N–H and O–H groups in total. The Kier molecular flexibility index (Phi) is 4.15. The van der Waals surface area contributed by atoms with Crippen LogP contribution in [0.4, 0.5) is 5.69 Å². The number of nitro benzene ring substituents is 1. The molecular formula is C22H16N2O2. The Balaban J connectivity index is 1.87. The molecule has 3 aromatic carbocycles. The summed E-state index contributed by atoms with van der Waals surface area (Å²) in [6, 6.07) is 25.1. The number of rotatable bonds is 4. The largest absolute Gasteiger partial charge is 0.270 e. The van der Waals surface area contributed by atoms with Crippen molar-refractivity contribution in [2.24, 2.45) is 0 Å². The van der Waals surface area contributed by atoms with E-state index in [1.165, 1.54) is 11.6 Å².